The van der Waals surface area contributed by atoms with E-state index in [2.05, 4.69) is 5.32 Å². The fourth-order valence-electron chi connectivity index (χ4n) is 1.32. The molecule has 0 heterocycles. The lowest BCUT2D eigenvalue weighted by Gasteiger charge is -2.15. The molecule has 1 amide bonds. The van der Waals surface area contributed by atoms with Crippen molar-refractivity contribution in [1.82, 2.24) is 5.32 Å². The minimum atomic E-state index is -1.00. The van der Waals surface area contributed by atoms with Gasteiger partial charge in [0.05, 0.1) is 6.42 Å². The highest BCUT2D eigenvalue weighted by Gasteiger charge is 2.15. The van der Waals surface area contributed by atoms with Crippen molar-refractivity contribution in [3.63, 3.8) is 0 Å². The van der Waals surface area contributed by atoms with Crippen LogP contribution in [0.1, 0.15) is 18.9 Å². The number of aldehydes is 1. The molecule has 0 saturated heterocycles. The lowest BCUT2D eigenvalue weighted by Crippen LogP contribution is -2.38. The van der Waals surface area contributed by atoms with Crippen LogP contribution in [-0.2, 0) is 25.7 Å². The third kappa shape index (κ3) is 6.21. The second kappa shape index (κ2) is 7.86. The van der Waals surface area contributed by atoms with E-state index < -0.39 is 18.3 Å². The van der Waals surface area contributed by atoms with Crippen molar-refractivity contribution < 1.29 is 23.9 Å². The second-order valence-electron chi connectivity index (χ2n) is 3.71. The van der Waals surface area contributed by atoms with Gasteiger partial charge in [0.25, 0.3) is 0 Å². The van der Waals surface area contributed by atoms with Gasteiger partial charge in [-0.15, -0.1) is 0 Å². The minimum absolute atomic E-state index is 0.0978. The molecule has 1 atom stereocenters. The molecule has 0 spiro atoms. The van der Waals surface area contributed by atoms with E-state index in [9.17, 15) is 14.4 Å². The molecule has 102 valence electrons. The van der Waals surface area contributed by atoms with Gasteiger partial charge in [-0.05, 0) is 5.56 Å². The highest BCUT2D eigenvalue weighted by atomic mass is 16.6. The summed E-state index contributed by atoms with van der Waals surface area (Å²) in [6.45, 7) is 1.29. The first kappa shape index (κ1) is 14.7. The van der Waals surface area contributed by atoms with Crippen molar-refractivity contribution in [2.45, 2.75) is 26.2 Å². The smallest absolute Gasteiger partial charge is 0.410 e. The van der Waals surface area contributed by atoms with Gasteiger partial charge < -0.3 is 14.3 Å². The normalized spacial score (nSPS) is 11.2. The first-order chi connectivity index (χ1) is 9.11. The third-order valence-electron chi connectivity index (χ3n) is 2.11. The number of hydrogen-bond donors (Lipinski definition) is 1. The van der Waals surface area contributed by atoms with Crippen LogP contribution in [-0.4, -0.2) is 24.6 Å². The zero-order valence-electron chi connectivity index (χ0n) is 10.5. The number of esters is 1. The average molecular weight is 265 g/mol. The summed E-state index contributed by atoms with van der Waals surface area (Å²) in [5, 5.41) is 2.28. The maximum Gasteiger partial charge on any atom is 0.410 e. The summed E-state index contributed by atoms with van der Waals surface area (Å²) < 4.78 is 9.66. The van der Waals surface area contributed by atoms with Gasteiger partial charge >= 0.3 is 12.1 Å². The predicted molar refractivity (Wildman–Crippen MR) is 66.0 cm³/mol. The Morgan fingerprint density at radius 1 is 1.32 bits per heavy atom. The maximum absolute atomic E-state index is 11.4. The molecule has 0 radical (unpaired) electrons. The Kier molecular flexibility index (Phi) is 6.08. The summed E-state index contributed by atoms with van der Waals surface area (Å²) in [6.07, 6.45) is -1.33. The van der Waals surface area contributed by atoms with Crippen molar-refractivity contribution in [3.05, 3.63) is 35.9 Å². The predicted octanol–water partition coefficient (Wildman–Crippen LogP) is 1.39. The van der Waals surface area contributed by atoms with E-state index in [0.717, 1.165) is 5.56 Å². The zero-order chi connectivity index (χ0) is 14.1. The number of ether oxygens (including phenoxy) is 2. The third-order valence-corrected chi connectivity index (χ3v) is 2.11. The molecule has 1 N–H and O–H groups in total. The Balaban J connectivity index is 2.39. The molecule has 1 aromatic rings. The van der Waals surface area contributed by atoms with Gasteiger partial charge in [0.1, 0.15) is 12.9 Å². The molecule has 0 aliphatic heterocycles. The van der Waals surface area contributed by atoms with Gasteiger partial charge in [0.15, 0.2) is 6.23 Å². The van der Waals surface area contributed by atoms with E-state index in [-0.39, 0.29) is 13.0 Å². The summed E-state index contributed by atoms with van der Waals surface area (Å²) >= 11 is 0. The van der Waals surface area contributed by atoms with Crippen molar-refractivity contribution in [2.24, 2.45) is 0 Å². The number of nitrogens with one attached hydrogen (secondary N) is 1. The molecule has 0 saturated carbocycles. The summed E-state index contributed by atoms with van der Waals surface area (Å²) in [7, 11) is 0. The molecule has 1 rings (SSSR count). The monoisotopic (exact) mass is 265 g/mol. The molecule has 0 bridgehead atoms. The second-order valence-corrected chi connectivity index (χ2v) is 3.71. The number of carbonyl (C=O) groups excluding carboxylic acids is 3. The Morgan fingerprint density at radius 3 is 2.58 bits per heavy atom. The quantitative estimate of drug-likeness (QED) is 0.477. The molecular formula is C13H15NO5. The molecule has 1 unspecified atom stereocenters. The van der Waals surface area contributed by atoms with Crippen molar-refractivity contribution >= 4 is 18.3 Å². The van der Waals surface area contributed by atoms with E-state index in [1.165, 1.54) is 6.92 Å². The Labute approximate surface area is 110 Å². The van der Waals surface area contributed by atoms with Crippen LogP contribution in [0.4, 0.5) is 4.79 Å². The van der Waals surface area contributed by atoms with Crippen LogP contribution >= 0.6 is 0 Å². The van der Waals surface area contributed by atoms with Crippen LogP contribution in [0.2, 0.25) is 0 Å². The fourth-order valence-corrected chi connectivity index (χ4v) is 1.32. The van der Waals surface area contributed by atoms with Crippen molar-refractivity contribution in [1.29, 1.82) is 0 Å². The minimum Gasteiger partial charge on any atom is -0.445 e. The van der Waals surface area contributed by atoms with Gasteiger partial charge in [-0.25, -0.2) is 4.79 Å². The first-order valence-electron chi connectivity index (χ1n) is 5.70. The van der Waals surface area contributed by atoms with E-state index in [1.807, 2.05) is 30.3 Å². The van der Waals surface area contributed by atoms with Crippen LogP contribution in [0.5, 0.6) is 0 Å². The highest BCUT2D eigenvalue weighted by Crippen LogP contribution is 2.01. The summed E-state index contributed by atoms with van der Waals surface area (Å²) in [6, 6.07) is 9.12. The van der Waals surface area contributed by atoms with E-state index in [0.29, 0.717) is 6.29 Å². The van der Waals surface area contributed by atoms with Gasteiger partial charge in [-0.3, -0.25) is 10.1 Å². The summed E-state index contributed by atoms with van der Waals surface area (Å²) in [5.74, 6) is -0.588. The highest BCUT2D eigenvalue weighted by molar-refractivity contribution is 5.70. The molecule has 0 aliphatic rings. The van der Waals surface area contributed by atoms with Gasteiger partial charge in [-0.2, -0.15) is 0 Å². The van der Waals surface area contributed by atoms with E-state index in [1.54, 1.807) is 0 Å². The van der Waals surface area contributed by atoms with Crippen LogP contribution in [0.15, 0.2) is 30.3 Å². The number of amides is 1. The van der Waals surface area contributed by atoms with Crippen LogP contribution in [0, 0.1) is 0 Å². The van der Waals surface area contributed by atoms with Crippen LogP contribution < -0.4 is 5.32 Å². The lowest BCUT2D eigenvalue weighted by molar-refractivity contribution is -0.148. The number of carbonyl (C=O) groups is 3. The molecule has 19 heavy (non-hydrogen) atoms. The number of hydrogen-bond acceptors (Lipinski definition) is 5. The Morgan fingerprint density at radius 2 is 2.00 bits per heavy atom. The van der Waals surface area contributed by atoms with Crippen LogP contribution in [0.25, 0.3) is 0 Å². The first-order valence-corrected chi connectivity index (χ1v) is 5.70. The fraction of sp³-hybridized carbons (Fsp3) is 0.308. The van der Waals surface area contributed by atoms with Crippen molar-refractivity contribution in [2.75, 3.05) is 0 Å². The molecule has 0 aliphatic carbocycles. The SMILES string of the molecule is CC(=O)OC(CC=O)NC(=O)OCc1ccccc1. The van der Waals surface area contributed by atoms with E-state index >= 15 is 0 Å². The van der Waals surface area contributed by atoms with Crippen molar-refractivity contribution in [3.8, 4) is 0 Å². The van der Waals surface area contributed by atoms with Gasteiger partial charge in [0.2, 0.25) is 0 Å². The summed E-state index contributed by atoms with van der Waals surface area (Å²) in [4.78, 5) is 32.6. The summed E-state index contributed by atoms with van der Waals surface area (Å²) in [5.41, 5.74) is 0.831. The average Bonchev–Trinajstić information content (AvgIpc) is 2.37. The molecule has 0 aromatic heterocycles. The Bertz CT molecular complexity index is 432. The molecular weight excluding hydrogens is 250 g/mol. The van der Waals surface area contributed by atoms with Crippen LogP contribution in [0.3, 0.4) is 0 Å². The largest absolute Gasteiger partial charge is 0.445 e. The van der Waals surface area contributed by atoms with Gasteiger partial charge in [0, 0.05) is 6.92 Å². The molecule has 0 fully saturated rings. The molecule has 6 heteroatoms. The lowest BCUT2D eigenvalue weighted by atomic mass is 10.2. The number of rotatable bonds is 6. The standard InChI is InChI=1S/C13H15NO5/c1-10(16)19-12(7-8-15)14-13(17)18-9-11-5-3-2-4-6-11/h2-6,8,12H,7,9H2,1H3,(H,14,17). The molecule has 6 nitrogen and oxygen atoms in total. The Hall–Kier alpha value is -2.37. The maximum atomic E-state index is 11.4. The van der Waals surface area contributed by atoms with E-state index in [4.69, 9.17) is 9.47 Å². The molecule has 1 aromatic carbocycles. The topological polar surface area (TPSA) is 81.7 Å². The number of alkyl carbamates (subject to hydrolysis) is 1. The number of benzene rings is 1. The van der Waals surface area contributed by atoms with Gasteiger partial charge in [-0.1, -0.05) is 30.3 Å². The zero-order valence-corrected chi connectivity index (χ0v) is 10.5.